The number of nitrogens with zero attached hydrogens (tertiary/aromatic N) is 2. The van der Waals surface area contributed by atoms with Crippen molar-refractivity contribution >= 4 is 12.0 Å². The van der Waals surface area contributed by atoms with Gasteiger partial charge in [0.15, 0.2) is 0 Å². The molecule has 154 valence electrons. The van der Waals surface area contributed by atoms with Crippen LogP contribution >= 0.6 is 0 Å². The molecule has 30 heavy (non-hydrogen) atoms. The van der Waals surface area contributed by atoms with Gasteiger partial charge in [0.25, 0.3) is 0 Å². The molecule has 4 rings (SSSR count). The number of fused-ring (bicyclic) bond motifs is 1. The van der Waals surface area contributed by atoms with Crippen LogP contribution in [0.2, 0.25) is 0 Å². The first-order chi connectivity index (χ1) is 14.5. The Bertz CT molecular complexity index is 992. The van der Waals surface area contributed by atoms with Crippen LogP contribution in [0.25, 0.3) is 17.2 Å². The Labute approximate surface area is 177 Å². The molecule has 1 amide bonds. The van der Waals surface area contributed by atoms with Crippen molar-refractivity contribution in [3.63, 3.8) is 0 Å². The predicted octanol–water partition coefficient (Wildman–Crippen LogP) is 3.65. The predicted molar refractivity (Wildman–Crippen MR) is 116 cm³/mol. The molecule has 1 aliphatic carbocycles. The lowest BCUT2D eigenvalue weighted by atomic mass is 9.62. The van der Waals surface area contributed by atoms with Gasteiger partial charge < -0.3 is 10.4 Å². The Morgan fingerprint density at radius 1 is 1.27 bits per heavy atom. The topological polar surface area (TPSA) is 86.0 Å². The highest BCUT2D eigenvalue weighted by molar-refractivity contribution is 5.82. The first-order valence-electron chi connectivity index (χ1n) is 10.6. The summed E-state index contributed by atoms with van der Waals surface area (Å²) in [6.45, 7) is 4.42. The molecule has 2 aliphatic rings. The summed E-state index contributed by atoms with van der Waals surface area (Å²) in [4.78, 5) is 17.0. The molecule has 1 aromatic heterocycles. The minimum atomic E-state index is -0.176. The van der Waals surface area contributed by atoms with Crippen molar-refractivity contribution in [2.45, 2.75) is 26.3 Å². The number of aliphatic hydroxyl groups is 1. The normalized spacial score (nSPS) is 30.7. The van der Waals surface area contributed by atoms with E-state index in [0.29, 0.717) is 17.4 Å². The van der Waals surface area contributed by atoms with E-state index < -0.39 is 0 Å². The fourth-order valence-electron chi connectivity index (χ4n) is 5.16. The number of amides is 1. The molecule has 2 fully saturated rings. The largest absolute Gasteiger partial charge is 0.394 e. The third-order valence-corrected chi connectivity index (χ3v) is 7.00. The van der Waals surface area contributed by atoms with Crippen LogP contribution in [-0.2, 0) is 4.79 Å². The summed E-state index contributed by atoms with van der Waals surface area (Å²) in [5.41, 5.74) is 3.26. The first-order valence-corrected chi connectivity index (χ1v) is 10.6. The van der Waals surface area contributed by atoms with Gasteiger partial charge in [0.05, 0.1) is 30.0 Å². The standard InChI is InChI=1S/C25H27N3O2/c1-15-11-22-24(23(14-29)28-25(22)30)20(16(15)2)10-9-19-8-7-18(13-27-19)21-6-4-3-5-17(21)12-26/h3-10,13,15-16,20,22-24,29H,11,14H2,1-2H3,(H,28,30)/t15-,16+,20-,22+,23+,24-/m0/s1. The molecule has 1 saturated heterocycles. The number of benzene rings is 1. The third kappa shape index (κ3) is 3.64. The van der Waals surface area contributed by atoms with E-state index >= 15 is 0 Å². The monoisotopic (exact) mass is 401 g/mol. The summed E-state index contributed by atoms with van der Waals surface area (Å²) in [6.07, 6.45) is 6.87. The number of aliphatic hydroxyl groups excluding tert-OH is 1. The van der Waals surface area contributed by atoms with Gasteiger partial charge in [0.1, 0.15) is 0 Å². The molecule has 5 nitrogen and oxygen atoms in total. The van der Waals surface area contributed by atoms with E-state index in [-0.39, 0.29) is 36.3 Å². The number of nitriles is 1. The molecule has 1 aliphatic heterocycles. The second-order valence-electron chi connectivity index (χ2n) is 8.62. The summed E-state index contributed by atoms with van der Waals surface area (Å²) in [7, 11) is 0. The number of nitrogens with one attached hydrogen (secondary N) is 1. The first kappa shape index (κ1) is 20.3. The molecule has 0 unspecified atom stereocenters. The average molecular weight is 402 g/mol. The SMILES string of the molecule is C[C@H]1[C@H](C=Cc2ccc(-c3ccccc3C#N)cn2)[C@@H]2[C@@H](CO)NC(=O)[C@@H]2C[C@@H]1C. The van der Waals surface area contributed by atoms with E-state index in [1.807, 2.05) is 36.4 Å². The number of pyridine rings is 1. The van der Waals surface area contributed by atoms with Gasteiger partial charge in [-0.05, 0) is 48.3 Å². The number of carbonyl (C=O) groups excluding carboxylic acids is 1. The van der Waals surface area contributed by atoms with Gasteiger partial charge in [-0.25, -0.2) is 0 Å². The molecule has 2 N–H and O–H groups in total. The number of allylic oxidation sites excluding steroid dienone is 1. The van der Waals surface area contributed by atoms with E-state index in [2.05, 4.69) is 36.3 Å². The Kier molecular flexibility index (Phi) is 5.69. The maximum absolute atomic E-state index is 12.4. The lowest BCUT2D eigenvalue weighted by Crippen LogP contribution is -2.42. The number of rotatable bonds is 4. The van der Waals surface area contributed by atoms with Crippen LogP contribution in [0.4, 0.5) is 0 Å². The molecule has 0 spiro atoms. The summed E-state index contributed by atoms with van der Waals surface area (Å²) in [6, 6.07) is 13.5. The Hall–Kier alpha value is -2.97. The van der Waals surface area contributed by atoms with Crippen LogP contribution in [-0.4, -0.2) is 28.6 Å². The number of hydrogen-bond donors (Lipinski definition) is 2. The summed E-state index contributed by atoms with van der Waals surface area (Å²) in [5, 5.41) is 22.1. The summed E-state index contributed by atoms with van der Waals surface area (Å²) < 4.78 is 0. The van der Waals surface area contributed by atoms with Crippen LogP contribution in [0, 0.1) is 40.9 Å². The van der Waals surface area contributed by atoms with Crippen LogP contribution in [0.3, 0.4) is 0 Å². The fourth-order valence-corrected chi connectivity index (χ4v) is 5.16. The molecule has 2 heterocycles. The van der Waals surface area contributed by atoms with Crippen LogP contribution in [0.15, 0.2) is 48.7 Å². The summed E-state index contributed by atoms with van der Waals surface area (Å²) in [5.74, 6) is 1.24. The van der Waals surface area contributed by atoms with Gasteiger partial charge in [-0.2, -0.15) is 5.26 Å². The number of carbonyl (C=O) groups is 1. The van der Waals surface area contributed by atoms with E-state index in [1.54, 1.807) is 12.3 Å². The van der Waals surface area contributed by atoms with Gasteiger partial charge in [-0.1, -0.05) is 44.2 Å². The number of hydrogen-bond acceptors (Lipinski definition) is 4. The average Bonchev–Trinajstić information content (AvgIpc) is 3.09. The highest BCUT2D eigenvalue weighted by atomic mass is 16.3. The molecule has 0 bridgehead atoms. The van der Waals surface area contributed by atoms with Crippen LogP contribution in [0.1, 0.15) is 31.5 Å². The molecule has 0 radical (unpaired) electrons. The van der Waals surface area contributed by atoms with Crippen LogP contribution in [0.5, 0.6) is 0 Å². The molecule has 1 saturated carbocycles. The fraction of sp³-hybridized carbons (Fsp3) is 0.400. The van der Waals surface area contributed by atoms with Gasteiger partial charge in [0.2, 0.25) is 5.91 Å². The highest BCUT2D eigenvalue weighted by Crippen LogP contribution is 2.47. The van der Waals surface area contributed by atoms with Gasteiger partial charge >= 0.3 is 0 Å². The van der Waals surface area contributed by atoms with Gasteiger partial charge in [-0.3, -0.25) is 9.78 Å². The second-order valence-corrected chi connectivity index (χ2v) is 8.62. The lowest BCUT2D eigenvalue weighted by molar-refractivity contribution is -0.124. The third-order valence-electron chi connectivity index (χ3n) is 7.00. The molecular weight excluding hydrogens is 374 g/mol. The zero-order chi connectivity index (χ0) is 21.3. The molecule has 6 atom stereocenters. The van der Waals surface area contributed by atoms with E-state index in [0.717, 1.165) is 23.2 Å². The zero-order valence-electron chi connectivity index (χ0n) is 17.3. The minimum Gasteiger partial charge on any atom is -0.394 e. The quantitative estimate of drug-likeness (QED) is 0.819. The van der Waals surface area contributed by atoms with Crippen LogP contribution < -0.4 is 5.32 Å². The summed E-state index contributed by atoms with van der Waals surface area (Å²) >= 11 is 0. The maximum atomic E-state index is 12.4. The molecule has 1 aromatic carbocycles. The molecular formula is C25H27N3O2. The Morgan fingerprint density at radius 3 is 2.77 bits per heavy atom. The van der Waals surface area contributed by atoms with Gasteiger partial charge in [0, 0.05) is 23.2 Å². The van der Waals surface area contributed by atoms with Crippen molar-refractivity contribution in [1.29, 1.82) is 5.26 Å². The maximum Gasteiger partial charge on any atom is 0.223 e. The Balaban J connectivity index is 1.58. The second kappa shape index (κ2) is 8.41. The van der Waals surface area contributed by atoms with E-state index in [4.69, 9.17) is 0 Å². The van der Waals surface area contributed by atoms with Crippen molar-refractivity contribution in [1.82, 2.24) is 10.3 Å². The smallest absolute Gasteiger partial charge is 0.223 e. The molecule has 2 aromatic rings. The number of aromatic nitrogens is 1. The van der Waals surface area contributed by atoms with Gasteiger partial charge in [-0.15, -0.1) is 0 Å². The van der Waals surface area contributed by atoms with E-state index in [9.17, 15) is 15.2 Å². The molecule has 5 heteroatoms. The van der Waals surface area contributed by atoms with E-state index in [1.165, 1.54) is 0 Å². The zero-order valence-corrected chi connectivity index (χ0v) is 17.3. The van der Waals surface area contributed by atoms with Crippen molar-refractivity contribution in [2.75, 3.05) is 6.61 Å². The highest BCUT2D eigenvalue weighted by Gasteiger charge is 2.50. The van der Waals surface area contributed by atoms with Crippen molar-refractivity contribution in [2.24, 2.45) is 29.6 Å². The van der Waals surface area contributed by atoms with Crippen molar-refractivity contribution < 1.29 is 9.90 Å². The lowest BCUT2D eigenvalue weighted by Gasteiger charge is -2.41. The van der Waals surface area contributed by atoms with Crippen molar-refractivity contribution in [3.8, 4) is 17.2 Å². The van der Waals surface area contributed by atoms with Crippen molar-refractivity contribution in [3.05, 3.63) is 59.9 Å². The Morgan fingerprint density at radius 2 is 2.07 bits per heavy atom. The minimum absolute atomic E-state index is 0.0242.